The van der Waals surface area contributed by atoms with Crippen molar-refractivity contribution in [2.75, 3.05) is 6.54 Å². The van der Waals surface area contributed by atoms with Crippen LogP contribution in [0.1, 0.15) is 15.9 Å². The molecule has 3 nitrogen and oxygen atoms in total. The number of amides is 1. The summed E-state index contributed by atoms with van der Waals surface area (Å²) in [6.07, 6.45) is -7.35. The van der Waals surface area contributed by atoms with Gasteiger partial charge in [-0.25, -0.2) is 0 Å². The highest BCUT2D eigenvalue weighted by Gasteiger charge is 2.38. The van der Waals surface area contributed by atoms with Crippen LogP contribution in [0.3, 0.4) is 0 Å². The van der Waals surface area contributed by atoms with Crippen molar-refractivity contribution in [2.45, 2.75) is 19.2 Å². The Labute approximate surface area is 107 Å². The van der Waals surface area contributed by atoms with Crippen molar-refractivity contribution in [1.29, 1.82) is 0 Å². The molecule has 0 bridgehead atoms. The van der Waals surface area contributed by atoms with Crippen LogP contribution in [0.15, 0.2) is 18.2 Å². The highest BCUT2D eigenvalue weighted by Crippen LogP contribution is 2.20. The Morgan fingerprint density at radius 3 is 2.61 bits per heavy atom. The quantitative estimate of drug-likeness (QED) is 0.893. The van der Waals surface area contributed by atoms with Crippen molar-refractivity contribution in [3.63, 3.8) is 0 Å². The zero-order valence-corrected chi connectivity index (χ0v) is 10.1. The zero-order valence-electron chi connectivity index (χ0n) is 9.38. The second-order valence-corrected chi connectivity index (χ2v) is 4.16. The fourth-order valence-corrected chi connectivity index (χ4v) is 1.53. The summed E-state index contributed by atoms with van der Waals surface area (Å²) in [5.74, 6) is -0.761. The molecule has 0 radical (unpaired) electrons. The molecule has 7 heteroatoms. The molecular weight excluding hydrogens is 271 g/mol. The average molecular weight is 282 g/mol. The molecule has 1 unspecified atom stereocenters. The maximum Gasteiger partial charge on any atom is 0.416 e. The number of rotatable bonds is 3. The maximum absolute atomic E-state index is 12.0. The summed E-state index contributed by atoms with van der Waals surface area (Å²) < 4.78 is 36.0. The van der Waals surface area contributed by atoms with Crippen LogP contribution in [0, 0.1) is 6.92 Å². The lowest BCUT2D eigenvalue weighted by Crippen LogP contribution is -2.40. The second-order valence-electron chi connectivity index (χ2n) is 3.75. The Balaban J connectivity index is 2.66. The molecule has 100 valence electrons. The van der Waals surface area contributed by atoms with Crippen molar-refractivity contribution < 1.29 is 23.1 Å². The van der Waals surface area contributed by atoms with Crippen LogP contribution < -0.4 is 5.32 Å². The molecule has 1 rings (SSSR count). The molecule has 0 spiro atoms. The normalized spacial score (nSPS) is 13.2. The Hall–Kier alpha value is -1.27. The number of carbonyl (C=O) groups excluding carboxylic acids is 1. The smallest absolute Gasteiger partial charge is 0.382 e. The molecule has 2 N–H and O–H groups in total. The summed E-state index contributed by atoms with van der Waals surface area (Å²) in [7, 11) is 0. The van der Waals surface area contributed by atoms with Crippen LogP contribution >= 0.6 is 11.6 Å². The molecule has 0 aliphatic rings. The van der Waals surface area contributed by atoms with E-state index in [4.69, 9.17) is 16.7 Å². The van der Waals surface area contributed by atoms with Crippen molar-refractivity contribution in [2.24, 2.45) is 0 Å². The summed E-state index contributed by atoms with van der Waals surface area (Å²) >= 11 is 5.78. The Bertz CT molecular complexity index is 448. The van der Waals surface area contributed by atoms with Crippen LogP contribution in [-0.2, 0) is 0 Å². The largest absolute Gasteiger partial charge is 0.416 e. The van der Waals surface area contributed by atoms with E-state index < -0.39 is 24.7 Å². The zero-order chi connectivity index (χ0) is 13.9. The monoisotopic (exact) mass is 281 g/mol. The number of hydrogen-bond acceptors (Lipinski definition) is 2. The van der Waals surface area contributed by atoms with E-state index in [1.165, 1.54) is 12.1 Å². The minimum Gasteiger partial charge on any atom is -0.382 e. The summed E-state index contributed by atoms with van der Waals surface area (Å²) in [5.41, 5.74) is 0.892. The van der Waals surface area contributed by atoms with E-state index >= 15 is 0 Å². The lowest BCUT2D eigenvalue weighted by Gasteiger charge is -2.15. The molecule has 1 amide bonds. The summed E-state index contributed by atoms with van der Waals surface area (Å²) in [4.78, 5) is 11.5. The number of alkyl halides is 3. The van der Waals surface area contributed by atoms with E-state index in [0.717, 1.165) is 5.56 Å². The van der Waals surface area contributed by atoms with Crippen LogP contribution in [0.4, 0.5) is 13.2 Å². The van der Waals surface area contributed by atoms with Gasteiger partial charge < -0.3 is 10.4 Å². The van der Waals surface area contributed by atoms with Gasteiger partial charge in [0.2, 0.25) is 0 Å². The standard InChI is InChI=1S/C11H11ClF3NO2/c1-6-2-3-7(8(12)4-6)10(18)16-5-9(17)11(13,14)15/h2-4,9,17H,5H2,1H3,(H,16,18). The highest BCUT2D eigenvalue weighted by atomic mass is 35.5. The topological polar surface area (TPSA) is 49.3 Å². The minimum absolute atomic E-state index is 0.0663. The first kappa shape index (κ1) is 14.8. The van der Waals surface area contributed by atoms with Crippen molar-refractivity contribution in [3.8, 4) is 0 Å². The van der Waals surface area contributed by atoms with Gasteiger partial charge in [-0.2, -0.15) is 13.2 Å². The number of aryl methyl sites for hydroxylation is 1. The Morgan fingerprint density at radius 1 is 1.50 bits per heavy atom. The average Bonchev–Trinajstić information content (AvgIpc) is 2.24. The van der Waals surface area contributed by atoms with Crippen LogP contribution in [0.2, 0.25) is 5.02 Å². The lowest BCUT2D eigenvalue weighted by atomic mass is 10.1. The fraction of sp³-hybridized carbons (Fsp3) is 0.364. The third kappa shape index (κ3) is 3.89. The van der Waals surface area contributed by atoms with Gasteiger partial charge in [0.25, 0.3) is 5.91 Å². The minimum atomic E-state index is -4.76. The lowest BCUT2D eigenvalue weighted by molar-refractivity contribution is -0.201. The van der Waals surface area contributed by atoms with Crippen LogP contribution in [0.25, 0.3) is 0 Å². The first-order valence-corrected chi connectivity index (χ1v) is 5.38. The van der Waals surface area contributed by atoms with Gasteiger partial charge in [-0.1, -0.05) is 17.7 Å². The molecule has 0 aromatic heterocycles. The Kier molecular flexibility index (Phi) is 4.59. The van der Waals surface area contributed by atoms with Gasteiger partial charge in [0, 0.05) is 0 Å². The number of benzene rings is 1. The number of aliphatic hydroxyl groups excluding tert-OH is 1. The van der Waals surface area contributed by atoms with Gasteiger partial charge in [-0.3, -0.25) is 4.79 Å². The molecule has 0 saturated heterocycles. The third-order valence-electron chi connectivity index (χ3n) is 2.20. The van der Waals surface area contributed by atoms with E-state index in [2.05, 4.69) is 0 Å². The molecule has 0 saturated carbocycles. The third-order valence-corrected chi connectivity index (χ3v) is 2.52. The molecule has 1 atom stereocenters. The van der Waals surface area contributed by atoms with E-state index in [0.29, 0.717) is 0 Å². The summed E-state index contributed by atoms with van der Waals surface area (Å²) in [6, 6.07) is 4.55. The van der Waals surface area contributed by atoms with Gasteiger partial charge in [0.05, 0.1) is 17.1 Å². The predicted octanol–water partition coefficient (Wildman–Crippen LogP) is 2.30. The summed E-state index contributed by atoms with van der Waals surface area (Å²) in [5, 5.41) is 10.8. The van der Waals surface area contributed by atoms with Crippen LogP contribution in [0.5, 0.6) is 0 Å². The van der Waals surface area contributed by atoms with Crippen molar-refractivity contribution in [3.05, 3.63) is 34.3 Å². The molecule has 0 fully saturated rings. The number of halogens is 4. The molecule has 1 aromatic rings. The SMILES string of the molecule is Cc1ccc(C(=O)NCC(O)C(F)(F)F)c(Cl)c1. The first-order chi connectivity index (χ1) is 8.21. The van der Waals surface area contributed by atoms with Gasteiger partial charge in [-0.05, 0) is 24.6 Å². The number of aliphatic hydroxyl groups is 1. The Morgan fingerprint density at radius 2 is 2.11 bits per heavy atom. The molecular formula is C11H11ClF3NO2. The highest BCUT2D eigenvalue weighted by molar-refractivity contribution is 6.33. The van der Waals surface area contributed by atoms with E-state index in [1.54, 1.807) is 13.0 Å². The van der Waals surface area contributed by atoms with Crippen LogP contribution in [-0.4, -0.2) is 29.8 Å². The summed E-state index contributed by atoms with van der Waals surface area (Å²) in [6.45, 7) is 0.855. The molecule has 18 heavy (non-hydrogen) atoms. The van der Waals surface area contributed by atoms with Gasteiger partial charge in [0.15, 0.2) is 6.10 Å². The molecule has 0 heterocycles. The predicted molar refractivity (Wildman–Crippen MR) is 60.6 cm³/mol. The van der Waals surface area contributed by atoms with E-state index in [1.807, 2.05) is 5.32 Å². The maximum atomic E-state index is 12.0. The molecule has 1 aromatic carbocycles. The van der Waals surface area contributed by atoms with Crippen molar-refractivity contribution >= 4 is 17.5 Å². The van der Waals surface area contributed by atoms with E-state index in [9.17, 15) is 18.0 Å². The van der Waals surface area contributed by atoms with Gasteiger partial charge >= 0.3 is 6.18 Å². The second kappa shape index (κ2) is 5.58. The number of hydrogen-bond donors (Lipinski definition) is 2. The van der Waals surface area contributed by atoms with Gasteiger partial charge in [0.1, 0.15) is 0 Å². The molecule has 0 aliphatic heterocycles. The van der Waals surface area contributed by atoms with E-state index in [-0.39, 0.29) is 10.6 Å². The number of carbonyl (C=O) groups is 1. The van der Waals surface area contributed by atoms with Gasteiger partial charge in [-0.15, -0.1) is 0 Å². The fourth-order valence-electron chi connectivity index (χ4n) is 1.20. The first-order valence-electron chi connectivity index (χ1n) is 5.01. The van der Waals surface area contributed by atoms with Crippen molar-refractivity contribution in [1.82, 2.24) is 5.32 Å². The number of nitrogens with one attached hydrogen (secondary N) is 1. The molecule has 0 aliphatic carbocycles.